The van der Waals surface area contributed by atoms with Gasteiger partial charge in [0.05, 0.1) is 11.1 Å². The van der Waals surface area contributed by atoms with Gasteiger partial charge in [0.2, 0.25) is 0 Å². The molecule has 1 aromatic carbocycles. The fraction of sp³-hybridized carbons (Fsp3) is 0.652. The van der Waals surface area contributed by atoms with Gasteiger partial charge in [-0.2, -0.15) is 0 Å². The van der Waals surface area contributed by atoms with Crippen LogP contribution in [0.25, 0.3) is 0 Å². The van der Waals surface area contributed by atoms with Gasteiger partial charge in [0, 0.05) is 0 Å². The Morgan fingerprint density at radius 3 is 2.26 bits per heavy atom. The number of esters is 1. The van der Waals surface area contributed by atoms with Crippen molar-refractivity contribution < 1.29 is 19.4 Å². The predicted octanol–water partition coefficient (Wildman–Crippen LogP) is 6.34. The van der Waals surface area contributed by atoms with Crippen LogP contribution in [-0.4, -0.2) is 23.1 Å². The average molecular weight is 377 g/mol. The Bertz CT molecular complexity index is 579. The Labute approximate surface area is 164 Å². The molecule has 152 valence electrons. The molecule has 0 aliphatic heterocycles. The zero-order chi connectivity index (χ0) is 20.2. The maximum atomic E-state index is 12.7. The first-order valence-electron chi connectivity index (χ1n) is 10.4. The first-order valence-corrected chi connectivity index (χ1v) is 10.4. The Morgan fingerprint density at radius 1 is 0.963 bits per heavy atom. The minimum Gasteiger partial charge on any atom is -0.478 e. The van der Waals surface area contributed by atoms with Crippen LogP contribution in [0.3, 0.4) is 0 Å². The van der Waals surface area contributed by atoms with Gasteiger partial charge in [-0.3, -0.25) is 0 Å². The van der Waals surface area contributed by atoms with E-state index in [-0.39, 0.29) is 11.7 Å². The van der Waals surface area contributed by atoms with Gasteiger partial charge in [0.25, 0.3) is 0 Å². The summed E-state index contributed by atoms with van der Waals surface area (Å²) < 4.78 is 5.94. The maximum absolute atomic E-state index is 12.7. The Hall–Kier alpha value is -1.84. The summed E-state index contributed by atoms with van der Waals surface area (Å²) in [6.07, 6.45) is 8.50. The van der Waals surface area contributed by atoms with Crippen molar-refractivity contribution >= 4 is 11.9 Å². The molecule has 0 radical (unpaired) electrons. The lowest BCUT2D eigenvalue weighted by Gasteiger charge is -2.28. The Kier molecular flexibility index (Phi) is 10.8. The van der Waals surface area contributed by atoms with Crippen LogP contribution in [0.4, 0.5) is 0 Å². The molecule has 0 saturated heterocycles. The van der Waals surface area contributed by atoms with Gasteiger partial charge in [0.15, 0.2) is 0 Å². The molecule has 0 aliphatic rings. The molecule has 4 heteroatoms. The van der Waals surface area contributed by atoms with Crippen molar-refractivity contribution in [3.8, 4) is 0 Å². The summed E-state index contributed by atoms with van der Waals surface area (Å²) in [6, 6.07) is 6.10. The molecule has 0 aromatic heterocycles. The number of unbranched alkanes of at least 4 members (excludes halogenated alkanes) is 2. The number of hydrogen-bond donors (Lipinski definition) is 1. The molecule has 0 saturated carbocycles. The predicted molar refractivity (Wildman–Crippen MR) is 109 cm³/mol. The number of aromatic carboxylic acids is 1. The number of rotatable bonds is 13. The van der Waals surface area contributed by atoms with E-state index in [2.05, 4.69) is 27.7 Å². The van der Waals surface area contributed by atoms with Crippen LogP contribution in [0.1, 0.15) is 99.8 Å². The highest BCUT2D eigenvalue weighted by Gasteiger charge is 2.25. The molecule has 0 spiro atoms. The van der Waals surface area contributed by atoms with Crippen LogP contribution >= 0.6 is 0 Å². The number of benzene rings is 1. The molecule has 0 aliphatic carbocycles. The molecule has 2 unspecified atom stereocenters. The van der Waals surface area contributed by atoms with E-state index in [9.17, 15) is 9.59 Å². The zero-order valence-electron chi connectivity index (χ0n) is 17.4. The lowest BCUT2D eigenvalue weighted by molar-refractivity contribution is 0.00591. The SMILES string of the molecule is CCCCCC(CCC)C(CCC(C)C)OC(=O)c1cccc(C(=O)O)c1. The van der Waals surface area contributed by atoms with Crippen molar-refractivity contribution in [1.82, 2.24) is 0 Å². The number of ether oxygens (including phenoxy) is 1. The topological polar surface area (TPSA) is 63.6 Å². The standard InChI is InChI=1S/C23H36O4/c1-5-7-8-11-18(10-6-2)21(15-14-17(3)4)27-23(26)20-13-9-12-19(16-20)22(24)25/h9,12-13,16-18,21H,5-8,10-11,14-15H2,1-4H3,(H,24,25). The van der Waals surface area contributed by atoms with Crippen molar-refractivity contribution in [3.05, 3.63) is 35.4 Å². The van der Waals surface area contributed by atoms with Crippen LogP contribution in [0.5, 0.6) is 0 Å². The number of carbonyl (C=O) groups is 2. The van der Waals surface area contributed by atoms with Crippen molar-refractivity contribution in [1.29, 1.82) is 0 Å². The van der Waals surface area contributed by atoms with Crippen LogP contribution in [0, 0.1) is 11.8 Å². The molecule has 1 rings (SSSR count). The molecule has 1 aromatic rings. The van der Waals surface area contributed by atoms with Crippen LogP contribution in [0.2, 0.25) is 0 Å². The first kappa shape index (κ1) is 23.2. The average Bonchev–Trinajstić information content (AvgIpc) is 2.64. The van der Waals surface area contributed by atoms with E-state index >= 15 is 0 Å². The van der Waals surface area contributed by atoms with Gasteiger partial charge in [0.1, 0.15) is 6.10 Å². The van der Waals surface area contributed by atoms with Gasteiger partial charge in [-0.25, -0.2) is 9.59 Å². The van der Waals surface area contributed by atoms with Crippen molar-refractivity contribution in [2.45, 2.75) is 85.2 Å². The highest BCUT2D eigenvalue weighted by molar-refractivity contribution is 5.94. The molecule has 0 amide bonds. The summed E-state index contributed by atoms with van der Waals surface area (Å²) in [4.78, 5) is 23.9. The van der Waals surface area contributed by atoms with E-state index in [4.69, 9.17) is 9.84 Å². The smallest absolute Gasteiger partial charge is 0.338 e. The van der Waals surface area contributed by atoms with E-state index in [1.54, 1.807) is 12.1 Å². The molecular formula is C23H36O4. The van der Waals surface area contributed by atoms with Crippen LogP contribution in [-0.2, 0) is 4.74 Å². The van der Waals surface area contributed by atoms with Crippen molar-refractivity contribution in [2.24, 2.45) is 11.8 Å². The second-order valence-corrected chi connectivity index (χ2v) is 7.85. The first-order chi connectivity index (χ1) is 12.9. The van der Waals surface area contributed by atoms with Crippen molar-refractivity contribution in [2.75, 3.05) is 0 Å². The van der Waals surface area contributed by atoms with Gasteiger partial charge < -0.3 is 9.84 Å². The summed E-state index contributed by atoms with van der Waals surface area (Å²) >= 11 is 0. The quantitative estimate of drug-likeness (QED) is 0.322. The van der Waals surface area contributed by atoms with Crippen LogP contribution in [0.15, 0.2) is 24.3 Å². The van der Waals surface area contributed by atoms with Gasteiger partial charge in [-0.05, 0) is 55.7 Å². The monoisotopic (exact) mass is 376 g/mol. The van der Waals surface area contributed by atoms with Crippen LogP contribution < -0.4 is 0 Å². The van der Waals surface area contributed by atoms with E-state index in [0.29, 0.717) is 17.4 Å². The van der Waals surface area contributed by atoms with Gasteiger partial charge in [-0.1, -0.05) is 59.4 Å². The number of carbonyl (C=O) groups excluding carboxylic acids is 1. The summed E-state index contributed by atoms with van der Waals surface area (Å²) in [5.41, 5.74) is 0.421. The third kappa shape index (κ3) is 8.59. The van der Waals surface area contributed by atoms with E-state index in [0.717, 1.165) is 38.5 Å². The minimum atomic E-state index is -1.04. The molecule has 2 atom stereocenters. The van der Waals surface area contributed by atoms with E-state index in [1.807, 2.05) is 0 Å². The third-order valence-corrected chi connectivity index (χ3v) is 5.00. The normalized spacial score (nSPS) is 13.4. The van der Waals surface area contributed by atoms with Gasteiger partial charge >= 0.3 is 11.9 Å². The number of carboxylic acid groups (broad SMARTS) is 1. The minimum absolute atomic E-state index is 0.106. The van der Waals surface area contributed by atoms with E-state index in [1.165, 1.54) is 25.0 Å². The zero-order valence-corrected chi connectivity index (χ0v) is 17.4. The van der Waals surface area contributed by atoms with Crippen molar-refractivity contribution in [3.63, 3.8) is 0 Å². The lowest BCUT2D eigenvalue weighted by atomic mass is 9.87. The second-order valence-electron chi connectivity index (χ2n) is 7.85. The number of carboxylic acids is 1. The Morgan fingerprint density at radius 2 is 1.67 bits per heavy atom. The summed E-state index contributed by atoms with van der Waals surface area (Å²) in [7, 11) is 0. The summed E-state index contributed by atoms with van der Waals surface area (Å²) in [5, 5.41) is 9.14. The molecule has 0 fully saturated rings. The largest absolute Gasteiger partial charge is 0.478 e. The summed E-state index contributed by atoms with van der Waals surface area (Å²) in [6.45, 7) is 8.73. The molecule has 0 bridgehead atoms. The summed E-state index contributed by atoms with van der Waals surface area (Å²) in [5.74, 6) is -0.528. The maximum Gasteiger partial charge on any atom is 0.338 e. The fourth-order valence-corrected chi connectivity index (χ4v) is 3.42. The molecule has 27 heavy (non-hydrogen) atoms. The lowest BCUT2D eigenvalue weighted by Crippen LogP contribution is -2.28. The molecule has 0 heterocycles. The Balaban J connectivity index is 2.91. The third-order valence-electron chi connectivity index (χ3n) is 5.00. The second kappa shape index (κ2) is 12.5. The highest BCUT2D eigenvalue weighted by Crippen LogP contribution is 2.27. The fourth-order valence-electron chi connectivity index (χ4n) is 3.42. The van der Waals surface area contributed by atoms with Gasteiger partial charge in [-0.15, -0.1) is 0 Å². The van der Waals surface area contributed by atoms with E-state index < -0.39 is 11.9 Å². The highest BCUT2D eigenvalue weighted by atomic mass is 16.5. The number of hydrogen-bond acceptors (Lipinski definition) is 3. The molecule has 1 N–H and O–H groups in total. The molecule has 4 nitrogen and oxygen atoms in total. The molecular weight excluding hydrogens is 340 g/mol.